The Bertz CT molecular complexity index is 870. The van der Waals surface area contributed by atoms with Gasteiger partial charge in [0, 0.05) is 25.7 Å². The van der Waals surface area contributed by atoms with Crippen molar-refractivity contribution >= 4 is 5.91 Å². The molecule has 148 valence electrons. The third-order valence-corrected chi connectivity index (χ3v) is 5.78. The summed E-state index contributed by atoms with van der Waals surface area (Å²) in [4.78, 5) is 26.6. The van der Waals surface area contributed by atoms with Crippen molar-refractivity contribution in [1.82, 2.24) is 14.7 Å². The minimum Gasteiger partial charge on any atom is -0.484 e. The van der Waals surface area contributed by atoms with Crippen molar-refractivity contribution in [3.05, 3.63) is 58.0 Å². The Balaban J connectivity index is 1.28. The number of amides is 1. The van der Waals surface area contributed by atoms with Gasteiger partial charge in [-0.15, -0.1) is 0 Å². The maximum atomic E-state index is 12.4. The first kappa shape index (κ1) is 18.7. The van der Waals surface area contributed by atoms with Gasteiger partial charge in [0.2, 0.25) is 0 Å². The molecule has 6 heteroatoms. The molecule has 1 saturated heterocycles. The fourth-order valence-electron chi connectivity index (χ4n) is 4.09. The number of carbonyl (C=O) groups is 1. The van der Waals surface area contributed by atoms with Crippen LogP contribution in [0, 0.1) is 5.92 Å². The van der Waals surface area contributed by atoms with Crippen LogP contribution in [0.25, 0.3) is 0 Å². The van der Waals surface area contributed by atoms with Gasteiger partial charge in [-0.25, -0.2) is 4.68 Å². The zero-order valence-corrected chi connectivity index (χ0v) is 16.2. The Labute approximate surface area is 165 Å². The molecule has 0 atom stereocenters. The minimum absolute atomic E-state index is 0.00965. The fourth-order valence-corrected chi connectivity index (χ4v) is 4.09. The minimum atomic E-state index is 0.00965. The fraction of sp³-hybridized carbons (Fsp3) is 0.500. The lowest BCUT2D eigenvalue weighted by Crippen LogP contribution is -2.42. The lowest BCUT2D eigenvalue weighted by Gasteiger charge is -2.32. The van der Waals surface area contributed by atoms with E-state index in [2.05, 4.69) is 5.10 Å². The van der Waals surface area contributed by atoms with Gasteiger partial charge in [-0.3, -0.25) is 9.59 Å². The predicted octanol–water partition coefficient (Wildman–Crippen LogP) is 2.44. The van der Waals surface area contributed by atoms with Crippen LogP contribution in [-0.4, -0.2) is 40.3 Å². The van der Waals surface area contributed by atoms with E-state index in [9.17, 15) is 9.59 Å². The number of carbonyl (C=O) groups excluding carboxylic acids is 1. The molecular weight excluding hydrogens is 354 g/mol. The predicted molar refractivity (Wildman–Crippen MR) is 106 cm³/mol. The molecule has 6 nitrogen and oxygen atoms in total. The first-order valence-corrected chi connectivity index (χ1v) is 10.2. The number of hydrogen-bond donors (Lipinski definition) is 0. The number of fused-ring (bicyclic) bond motifs is 1. The summed E-state index contributed by atoms with van der Waals surface area (Å²) in [5, 5.41) is 4.63. The van der Waals surface area contributed by atoms with Gasteiger partial charge in [0.1, 0.15) is 5.75 Å². The van der Waals surface area contributed by atoms with Gasteiger partial charge < -0.3 is 9.64 Å². The number of aromatic nitrogens is 2. The zero-order valence-electron chi connectivity index (χ0n) is 16.2. The molecule has 1 aromatic heterocycles. The van der Waals surface area contributed by atoms with Crippen molar-refractivity contribution in [3.8, 4) is 5.75 Å². The van der Waals surface area contributed by atoms with Crippen LogP contribution in [0.15, 0.2) is 41.2 Å². The Morgan fingerprint density at radius 3 is 2.64 bits per heavy atom. The van der Waals surface area contributed by atoms with Crippen LogP contribution in [0.5, 0.6) is 5.75 Å². The number of rotatable bonds is 5. The van der Waals surface area contributed by atoms with Crippen molar-refractivity contribution in [1.29, 1.82) is 0 Å². The highest BCUT2D eigenvalue weighted by Gasteiger charge is 2.24. The summed E-state index contributed by atoms with van der Waals surface area (Å²) in [6.45, 7) is 2.14. The molecule has 0 bridgehead atoms. The average molecular weight is 381 g/mol. The highest BCUT2D eigenvalue weighted by Crippen LogP contribution is 2.21. The molecule has 0 saturated carbocycles. The third-order valence-electron chi connectivity index (χ3n) is 5.78. The van der Waals surface area contributed by atoms with Gasteiger partial charge in [0.25, 0.3) is 11.5 Å². The van der Waals surface area contributed by atoms with Crippen molar-refractivity contribution in [2.75, 3.05) is 19.7 Å². The monoisotopic (exact) mass is 381 g/mol. The molecule has 0 N–H and O–H groups in total. The summed E-state index contributed by atoms with van der Waals surface area (Å²) < 4.78 is 7.21. The van der Waals surface area contributed by atoms with E-state index in [4.69, 9.17) is 4.74 Å². The number of para-hydroxylation sites is 1. The van der Waals surface area contributed by atoms with Crippen molar-refractivity contribution in [2.45, 2.75) is 45.1 Å². The molecular formula is C22H27N3O3. The van der Waals surface area contributed by atoms with E-state index in [1.54, 1.807) is 10.7 Å². The highest BCUT2D eigenvalue weighted by molar-refractivity contribution is 5.77. The normalized spacial score (nSPS) is 17.2. The maximum Gasteiger partial charge on any atom is 0.267 e. The lowest BCUT2D eigenvalue weighted by atomic mass is 9.96. The molecule has 4 rings (SSSR count). The van der Waals surface area contributed by atoms with E-state index < -0.39 is 0 Å². The lowest BCUT2D eigenvalue weighted by molar-refractivity contribution is -0.134. The molecule has 1 aliphatic heterocycles. The van der Waals surface area contributed by atoms with E-state index in [1.165, 1.54) is 0 Å². The Hall–Kier alpha value is -2.63. The second-order valence-electron chi connectivity index (χ2n) is 7.77. The van der Waals surface area contributed by atoms with Crippen LogP contribution in [0.1, 0.15) is 36.9 Å². The van der Waals surface area contributed by atoms with E-state index in [0.29, 0.717) is 31.3 Å². The summed E-state index contributed by atoms with van der Waals surface area (Å²) in [6, 6.07) is 11.2. The van der Waals surface area contributed by atoms with E-state index in [-0.39, 0.29) is 18.1 Å². The smallest absolute Gasteiger partial charge is 0.267 e. The molecule has 0 radical (unpaired) electrons. The van der Waals surface area contributed by atoms with Crippen LogP contribution in [0.3, 0.4) is 0 Å². The molecule has 2 aliphatic rings. The molecule has 1 amide bonds. The molecule has 0 spiro atoms. The number of ether oxygens (including phenoxy) is 1. The topological polar surface area (TPSA) is 64.4 Å². The molecule has 28 heavy (non-hydrogen) atoms. The van der Waals surface area contributed by atoms with Gasteiger partial charge in [0.05, 0.1) is 5.69 Å². The van der Waals surface area contributed by atoms with Gasteiger partial charge in [-0.2, -0.15) is 5.10 Å². The number of piperidine rings is 1. The molecule has 0 unspecified atom stereocenters. The molecule has 1 aromatic carbocycles. The number of benzene rings is 1. The molecule has 2 aromatic rings. The first-order chi connectivity index (χ1) is 13.7. The first-order valence-electron chi connectivity index (χ1n) is 10.2. The Morgan fingerprint density at radius 2 is 1.86 bits per heavy atom. The van der Waals surface area contributed by atoms with Gasteiger partial charge in [-0.05, 0) is 62.1 Å². The van der Waals surface area contributed by atoms with Crippen molar-refractivity contribution in [2.24, 2.45) is 5.92 Å². The van der Waals surface area contributed by atoms with Crippen LogP contribution in [0.4, 0.5) is 0 Å². The summed E-state index contributed by atoms with van der Waals surface area (Å²) in [6.07, 6.45) is 6.04. The SMILES string of the molecule is O=C(COc1ccccc1)N1CCC(Cn2nc3c(cc2=O)CCCC3)CC1. The van der Waals surface area contributed by atoms with Crippen LogP contribution < -0.4 is 10.3 Å². The zero-order chi connectivity index (χ0) is 19.3. The molecule has 2 heterocycles. The second-order valence-corrected chi connectivity index (χ2v) is 7.77. The van der Waals surface area contributed by atoms with Crippen LogP contribution in [-0.2, 0) is 24.2 Å². The summed E-state index contributed by atoms with van der Waals surface area (Å²) >= 11 is 0. The van der Waals surface area contributed by atoms with E-state index in [0.717, 1.165) is 49.8 Å². The van der Waals surface area contributed by atoms with Gasteiger partial charge in [-0.1, -0.05) is 18.2 Å². The van der Waals surface area contributed by atoms with Crippen molar-refractivity contribution < 1.29 is 9.53 Å². The maximum absolute atomic E-state index is 12.4. The number of aryl methyl sites for hydroxylation is 2. The quantitative estimate of drug-likeness (QED) is 0.798. The van der Waals surface area contributed by atoms with Gasteiger partial charge in [0.15, 0.2) is 6.61 Å². The second kappa shape index (κ2) is 8.59. The Morgan fingerprint density at radius 1 is 1.11 bits per heavy atom. The number of likely N-dealkylation sites (tertiary alicyclic amines) is 1. The van der Waals surface area contributed by atoms with Crippen LogP contribution >= 0.6 is 0 Å². The highest BCUT2D eigenvalue weighted by atomic mass is 16.5. The van der Waals surface area contributed by atoms with Crippen molar-refractivity contribution in [3.63, 3.8) is 0 Å². The van der Waals surface area contributed by atoms with E-state index >= 15 is 0 Å². The van der Waals surface area contributed by atoms with Crippen LogP contribution in [0.2, 0.25) is 0 Å². The standard InChI is InChI=1S/C22H27N3O3/c26-21-14-18-6-4-5-9-20(18)23-25(21)15-17-10-12-24(13-11-17)22(27)16-28-19-7-2-1-3-8-19/h1-3,7-8,14,17H,4-6,9-13,15-16H2. The summed E-state index contributed by atoms with van der Waals surface area (Å²) in [5.74, 6) is 1.11. The molecule has 1 aliphatic carbocycles. The average Bonchev–Trinajstić information content (AvgIpc) is 2.74. The number of nitrogens with zero attached hydrogens (tertiary/aromatic N) is 3. The number of hydrogen-bond acceptors (Lipinski definition) is 4. The van der Waals surface area contributed by atoms with Gasteiger partial charge >= 0.3 is 0 Å². The molecule has 1 fully saturated rings. The van der Waals surface area contributed by atoms with E-state index in [1.807, 2.05) is 35.2 Å². The summed E-state index contributed by atoms with van der Waals surface area (Å²) in [5.41, 5.74) is 2.23. The largest absolute Gasteiger partial charge is 0.484 e. The summed E-state index contributed by atoms with van der Waals surface area (Å²) in [7, 11) is 0. The third kappa shape index (κ3) is 4.43. The Kier molecular flexibility index (Phi) is 5.74.